The first-order valence-corrected chi connectivity index (χ1v) is 10.5. The van der Waals surface area contributed by atoms with Gasteiger partial charge < -0.3 is 0 Å². The van der Waals surface area contributed by atoms with E-state index in [0.717, 1.165) is 3.51 Å². The summed E-state index contributed by atoms with van der Waals surface area (Å²) in [7, 11) is 0. The summed E-state index contributed by atoms with van der Waals surface area (Å²) in [5.74, 6) is 0. The zero-order chi connectivity index (χ0) is 16.9. The van der Waals surface area contributed by atoms with Crippen LogP contribution in [0.1, 0.15) is 30.5 Å². The van der Waals surface area contributed by atoms with Gasteiger partial charge in [-0.3, -0.25) is 0 Å². The van der Waals surface area contributed by atoms with Crippen LogP contribution in [0.5, 0.6) is 0 Å². The van der Waals surface area contributed by atoms with Crippen LogP contribution in [0.2, 0.25) is 0 Å². The Hall–Kier alpha value is -1.72. The number of aryl methyl sites for hydroxylation is 1. The Balaban J connectivity index is 1.89. The fourth-order valence-corrected chi connectivity index (χ4v) is 4.61. The van der Waals surface area contributed by atoms with Crippen LogP contribution in [0.4, 0.5) is 0 Å². The minimum atomic E-state index is -1.46. The monoisotopic (exact) mass is 420 g/mol. The van der Waals surface area contributed by atoms with Crippen LogP contribution in [0, 0.1) is 6.92 Å². The van der Waals surface area contributed by atoms with Crippen LogP contribution < -0.4 is 3.51 Å². The first-order valence-electron chi connectivity index (χ1n) is 8.20. The molecule has 4 rings (SSSR count). The van der Waals surface area contributed by atoms with Crippen molar-refractivity contribution in [2.45, 2.75) is 26.2 Å². The van der Waals surface area contributed by atoms with Crippen molar-refractivity contribution in [2.75, 3.05) is 0 Å². The third-order valence-corrected chi connectivity index (χ3v) is 6.55. The molecular weight excluding hydrogens is 402 g/mol. The Bertz CT molecular complexity index is 952. The van der Waals surface area contributed by atoms with Crippen molar-refractivity contribution in [1.82, 2.24) is 0 Å². The Labute approximate surface area is 153 Å². The molecule has 0 saturated heterocycles. The molecule has 1 aliphatic rings. The molecule has 0 spiro atoms. The molecule has 0 radical (unpaired) electrons. The standard InChI is InChI=1S/C22H19.O.Sb/c1-15-8-10-16(11-9-15)17-12-13-19-18-6-4-5-7-20(18)22(2,3)21(19)14-17;;/h4,6-14H,1-3H3;;. The van der Waals surface area contributed by atoms with Gasteiger partial charge in [0.15, 0.2) is 0 Å². The molecule has 1 aliphatic carbocycles. The van der Waals surface area contributed by atoms with Gasteiger partial charge in [0.2, 0.25) is 0 Å². The molecule has 3 aromatic rings. The molecule has 0 amide bonds. The molecule has 0 unspecified atom stereocenters. The molecule has 3 aromatic carbocycles. The Morgan fingerprint density at radius 2 is 1.33 bits per heavy atom. The number of fused-ring (bicyclic) bond motifs is 3. The van der Waals surface area contributed by atoms with E-state index in [9.17, 15) is 3.02 Å². The van der Waals surface area contributed by atoms with Gasteiger partial charge in [-0.2, -0.15) is 0 Å². The van der Waals surface area contributed by atoms with Crippen molar-refractivity contribution >= 4 is 25.1 Å². The average Bonchev–Trinajstić information content (AvgIpc) is 2.82. The number of benzene rings is 3. The van der Waals surface area contributed by atoms with E-state index in [2.05, 4.69) is 75.4 Å². The molecule has 0 N–H and O–H groups in total. The normalized spacial score (nSPS) is 14.1. The summed E-state index contributed by atoms with van der Waals surface area (Å²) < 4.78 is 12.5. The molecule has 0 aromatic heterocycles. The second kappa shape index (κ2) is 5.67. The minimum absolute atomic E-state index is 0.0489. The van der Waals surface area contributed by atoms with Crippen LogP contribution >= 0.6 is 0 Å². The zero-order valence-corrected chi connectivity index (χ0v) is 16.7. The Morgan fingerprint density at radius 3 is 2.00 bits per heavy atom. The zero-order valence-electron chi connectivity index (χ0n) is 14.1. The van der Waals surface area contributed by atoms with Crippen molar-refractivity contribution in [1.29, 1.82) is 0 Å². The summed E-state index contributed by atoms with van der Waals surface area (Å²) in [5, 5.41) is 0. The van der Waals surface area contributed by atoms with E-state index < -0.39 is 21.6 Å². The fourth-order valence-electron chi connectivity index (χ4n) is 3.71. The van der Waals surface area contributed by atoms with Crippen molar-refractivity contribution < 1.29 is 3.02 Å². The molecule has 0 bridgehead atoms. The Kier molecular flexibility index (Phi) is 3.73. The van der Waals surface area contributed by atoms with E-state index in [1.54, 1.807) is 0 Å². The van der Waals surface area contributed by atoms with E-state index in [0.29, 0.717) is 0 Å². The number of rotatable bonds is 2. The number of hydrogen-bond donors (Lipinski definition) is 0. The molecule has 24 heavy (non-hydrogen) atoms. The third kappa shape index (κ3) is 2.38. The topological polar surface area (TPSA) is 17.1 Å². The van der Waals surface area contributed by atoms with Gasteiger partial charge in [-0.05, 0) is 0 Å². The third-order valence-electron chi connectivity index (χ3n) is 5.15. The van der Waals surface area contributed by atoms with Gasteiger partial charge in [0.05, 0.1) is 0 Å². The molecule has 0 saturated carbocycles. The van der Waals surface area contributed by atoms with Crippen molar-refractivity contribution in [3.05, 3.63) is 77.4 Å². The SMILES string of the molecule is Cc1ccc(-c2ccc3c(c2)C(C)(C)c2c[c]([Sb]=[O])ccc2-3)cc1. The Morgan fingerprint density at radius 1 is 0.750 bits per heavy atom. The van der Waals surface area contributed by atoms with Gasteiger partial charge in [-0.15, -0.1) is 0 Å². The molecule has 2 heteroatoms. The second-order valence-electron chi connectivity index (χ2n) is 7.07. The summed E-state index contributed by atoms with van der Waals surface area (Å²) in [5.41, 5.74) is 9.01. The number of hydrogen-bond acceptors (Lipinski definition) is 1. The quantitative estimate of drug-likeness (QED) is 0.551. The molecule has 1 nitrogen and oxygen atoms in total. The van der Waals surface area contributed by atoms with E-state index in [-0.39, 0.29) is 5.41 Å². The van der Waals surface area contributed by atoms with E-state index >= 15 is 0 Å². The maximum absolute atomic E-state index is 11.4. The van der Waals surface area contributed by atoms with Crippen LogP contribution in [-0.2, 0) is 8.43 Å². The maximum atomic E-state index is 11.4. The van der Waals surface area contributed by atoms with E-state index in [4.69, 9.17) is 0 Å². The van der Waals surface area contributed by atoms with Gasteiger partial charge >= 0.3 is 154 Å². The molecule has 0 fully saturated rings. The average molecular weight is 421 g/mol. The van der Waals surface area contributed by atoms with E-state index in [1.807, 2.05) is 6.07 Å². The van der Waals surface area contributed by atoms with E-state index in [1.165, 1.54) is 38.9 Å². The molecular formula is C22H19OSb. The van der Waals surface area contributed by atoms with Crippen molar-refractivity contribution in [3.63, 3.8) is 0 Å². The van der Waals surface area contributed by atoms with Crippen molar-refractivity contribution in [3.8, 4) is 22.3 Å². The molecule has 118 valence electrons. The second-order valence-corrected chi connectivity index (χ2v) is 9.07. The fraction of sp³-hybridized carbons (Fsp3) is 0.182. The first-order chi connectivity index (χ1) is 11.5. The van der Waals surface area contributed by atoms with Gasteiger partial charge in [0.25, 0.3) is 0 Å². The van der Waals surface area contributed by atoms with Crippen molar-refractivity contribution in [2.24, 2.45) is 0 Å². The first kappa shape index (κ1) is 15.8. The van der Waals surface area contributed by atoms with Gasteiger partial charge in [-0.25, -0.2) is 0 Å². The predicted molar refractivity (Wildman–Crippen MR) is 100 cm³/mol. The summed E-state index contributed by atoms with van der Waals surface area (Å²) >= 11 is -1.46. The van der Waals surface area contributed by atoms with Crippen LogP contribution in [0.3, 0.4) is 0 Å². The molecule has 0 heterocycles. The molecule has 0 aliphatic heterocycles. The predicted octanol–water partition coefficient (Wildman–Crippen LogP) is 4.64. The van der Waals surface area contributed by atoms with Crippen LogP contribution in [0.15, 0.2) is 60.7 Å². The van der Waals surface area contributed by atoms with Gasteiger partial charge in [0, 0.05) is 0 Å². The summed E-state index contributed by atoms with van der Waals surface area (Å²) in [6.45, 7) is 6.66. The summed E-state index contributed by atoms with van der Waals surface area (Å²) in [6.07, 6.45) is 0. The summed E-state index contributed by atoms with van der Waals surface area (Å²) in [4.78, 5) is 0. The van der Waals surface area contributed by atoms with Gasteiger partial charge in [-0.1, -0.05) is 0 Å². The van der Waals surface area contributed by atoms with Crippen LogP contribution in [0.25, 0.3) is 22.3 Å². The van der Waals surface area contributed by atoms with Crippen LogP contribution in [-0.4, -0.2) is 21.6 Å². The molecule has 0 atom stereocenters. The van der Waals surface area contributed by atoms with Gasteiger partial charge in [0.1, 0.15) is 0 Å². The summed E-state index contributed by atoms with van der Waals surface area (Å²) in [6, 6.07) is 21.8.